The van der Waals surface area contributed by atoms with Crippen LogP contribution in [-0.2, 0) is 6.54 Å². The van der Waals surface area contributed by atoms with Crippen molar-refractivity contribution in [2.24, 2.45) is 0 Å². The van der Waals surface area contributed by atoms with Crippen LogP contribution >= 0.6 is 11.8 Å². The molecule has 2 aromatic heterocycles. The van der Waals surface area contributed by atoms with E-state index in [1.165, 1.54) is 37.7 Å². The summed E-state index contributed by atoms with van der Waals surface area (Å²) in [6, 6.07) is 10.3. The van der Waals surface area contributed by atoms with Crippen LogP contribution in [0.1, 0.15) is 37.7 Å². The van der Waals surface area contributed by atoms with E-state index in [-0.39, 0.29) is 0 Å². The molecule has 0 atom stereocenters. The molecule has 3 aromatic rings. The molecule has 1 aromatic carbocycles. The van der Waals surface area contributed by atoms with Crippen molar-refractivity contribution in [1.82, 2.24) is 19.5 Å². The second-order valence-corrected chi connectivity index (χ2v) is 7.57. The van der Waals surface area contributed by atoms with Crippen molar-refractivity contribution in [2.75, 3.05) is 5.73 Å². The van der Waals surface area contributed by atoms with Crippen LogP contribution in [0.15, 0.2) is 41.8 Å². The molecule has 1 aliphatic carbocycles. The Bertz CT molecular complexity index is 824. The molecule has 0 aliphatic heterocycles. The molecule has 24 heavy (non-hydrogen) atoms. The zero-order valence-electron chi connectivity index (χ0n) is 13.6. The van der Waals surface area contributed by atoms with Crippen molar-refractivity contribution in [3.63, 3.8) is 0 Å². The van der Waals surface area contributed by atoms with Gasteiger partial charge in [-0.3, -0.25) is 0 Å². The van der Waals surface area contributed by atoms with Crippen molar-refractivity contribution in [1.29, 1.82) is 0 Å². The number of thioether (sulfide) groups is 1. The van der Waals surface area contributed by atoms with E-state index in [4.69, 9.17) is 10.7 Å². The highest BCUT2D eigenvalue weighted by molar-refractivity contribution is 7.99. The molecule has 1 fully saturated rings. The lowest BCUT2D eigenvalue weighted by Gasteiger charge is -2.20. The van der Waals surface area contributed by atoms with Gasteiger partial charge in [-0.1, -0.05) is 61.4 Å². The minimum absolute atomic E-state index is 0.477. The number of nitrogens with zero attached hydrogens (tertiary/aromatic N) is 4. The molecular formula is C18H21N5S. The molecule has 4 rings (SSSR count). The van der Waals surface area contributed by atoms with E-state index in [9.17, 15) is 0 Å². The van der Waals surface area contributed by atoms with Gasteiger partial charge in [-0.15, -0.1) is 0 Å². The van der Waals surface area contributed by atoms with Crippen LogP contribution in [0.2, 0.25) is 0 Å². The van der Waals surface area contributed by atoms with Crippen molar-refractivity contribution >= 4 is 28.7 Å². The van der Waals surface area contributed by atoms with Crippen LogP contribution in [0.5, 0.6) is 0 Å². The van der Waals surface area contributed by atoms with Gasteiger partial charge in [0.15, 0.2) is 16.6 Å². The summed E-state index contributed by atoms with van der Waals surface area (Å²) in [5.74, 6) is 0.477. The second-order valence-electron chi connectivity index (χ2n) is 6.30. The number of nitrogens with two attached hydrogens (primary N) is 1. The predicted molar refractivity (Wildman–Crippen MR) is 98.0 cm³/mol. The standard InChI is InChI=1S/C18H21N5S/c19-16-15-17(22-18(21-16)24-14-9-5-2-6-10-14)23(12-20-15)11-13-7-3-1-4-8-13/h1,3-4,7-8,12,14H,2,5-6,9-11H2,(H2,19,21,22). The number of hydrogen-bond donors (Lipinski definition) is 1. The average molecular weight is 339 g/mol. The van der Waals surface area contributed by atoms with E-state index in [2.05, 4.69) is 22.1 Å². The Morgan fingerprint density at radius 1 is 1.08 bits per heavy atom. The Kier molecular flexibility index (Phi) is 4.38. The number of rotatable bonds is 4. The van der Waals surface area contributed by atoms with Crippen molar-refractivity contribution < 1.29 is 0 Å². The molecule has 0 amide bonds. The number of aromatic nitrogens is 4. The fraction of sp³-hybridized carbons (Fsp3) is 0.389. The number of fused-ring (bicyclic) bond motifs is 1. The van der Waals surface area contributed by atoms with Gasteiger partial charge in [0.05, 0.1) is 12.9 Å². The number of imidazole rings is 1. The van der Waals surface area contributed by atoms with Gasteiger partial charge < -0.3 is 10.3 Å². The van der Waals surface area contributed by atoms with E-state index in [1.807, 2.05) is 22.8 Å². The van der Waals surface area contributed by atoms with Crippen LogP contribution in [0.25, 0.3) is 11.2 Å². The molecule has 124 valence electrons. The Hall–Kier alpha value is -2.08. The number of benzene rings is 1. The first-order valence-electron chi connectivity index (χ1n) is 8.48. The van der Waals surface area contributed by atoms with Crippen molar-refractivity contribution in [2.45, 2.75) is 49.1 Å². The molecule has 2 N–H and O–H groups in total. The average Bonchev–Trinajstić information content (AvgIpc) is 3.00. The monoisotopic (exact) mass is 339 g/mol. The van der Waals surface area contributed by atoms with Crippen molar-refractivity contribution in [3.8, 4) is 0 Å². The fourth-order valence-electron chi connectivity index (χ4n) is 3.23. The molecule has 0 radical (unpaired) electrons. The minimum Gasteiger partial charge on any atom is -0.382 e. The van der Waals surface area contributed by atoms with Gasteiger partial charge in [0.2, 0.25) is 0 Å². The van der Waals surface area contributed by atoms with E-state index < -0.39 is 0 Å². The molecule has 2 heterocycles. The maximum absolute atomic E-state index is 6.13. The first kappa shape index (κ1) is 15.4. The third-order valence-electron chi connectivity index (χ3n) is 4.49. The predicted octanol–water partition coefficient (Wildman–Crippen LogP) is 3.88. The highest BCUT2D eigenvalue weighted by atomic mass is 32.2. The fourth-order valence-corrected chi connectivity index (χ4v) is 4.38. The van der Waals surface area contributed by atoms with E-state index in [0.717, 1.165) is 17.3 Å². The molecule has 0 unspecified atom stereocenters. The molecule has 6 heteroatoms. The molecule has 5 nitrogen and oxygen atoms in total. The maximum atomic E-state index is 6.13. The summed E-state index contributed by atoms with van der Waals surface area (Å²) in [6.45, 7) is 0.737. The summed E-state index contributed by atoms with van der Waals surface area (Å²) in [4.78, 5) is 13.6. The molecule has 0 saturated heterocycles. The first-order valence-corrected chi connectivity index (χ1v) is 9.36. The lowest BCUT2D eigenvalue weighted by molar-refractivity contribution is 0.515. The van der Waals surface area contributed by atoms with Crippen molar-refractivity contribution in [3.05, 3.63) is 42.2 Å². The lowest BCUT2D eigenvalue weighted by atomic mass is 10.0. The summed E-state index contributed by atoms with van der Waals surface area (Å²) >= 11 is 1.77. The SMILES string of the molecule is Nc1nc(SC2CCCCC2)nc2c1ncn2Cc1ccccc1. The highest BCUT2D eigenvalue weighted by Crippen LogP contribution is 2.33. The second kappa shape index (κ2) is 6.81. The van der Waals surface area contributed by atoms with Crippen LogP contribution in [-0.4, -0.2) is 24.8 Å². The van der Waals surface area contributed by atoms with Crippen LogP contribution in [0.3, 0.4) is 0 Å². The van der Waals surface area contributed by atoms with Gasteiger partial charge in [0, 0.05) is 5.25 Å². The van der Waals surface area contributed by atoms with Crippen LogP contribution < -0.4 is 5.73 Å². The largest absolute Gasteiger partial charge is 0.382 e. The summed E-state index contributed by atoms with van der Waals surface area (Å²) in [7, 11) is 0. The number of hydrogen-bond acceptors (Lipinski definition) is 5. The van der Waals surface area contributed by atoms with E-state index in [0.29, 0.717) is 16.6 Å². The molecule has 0 bridgehead atoms. The minimum atomic E-state index is 0.477. The van der Waals surface area contributed by atoms with Gasteiger partial charge in [0.25, 0.3) is 0 Å². The topological polar surface area (TPSA) is 69.6 Å². The Labute approximate surface area is 145 Å². The van der Waals surface area contributed by atoms with E-state index in [1.54, 1.807) is 18.1 Å². The Morgan fingerprint density at radius 2 is 1.88 bits per heavy atom. The summed E-state index contributed by atoms with van der Waals surface area (Å²) < 4.78 is 2.05. The summed E-state index contributed by atoms with van der Waals surface area (Å²) in [6.07, 6.45) is 8.26. The molecule has 1 aliphatic rings. The smallest absolute Gasteiger partial charge is 0.191 e. The third-order valence-corrected chi connectivity index (χ3v) is 5.69. The molecule has 1 saturated carbocycles. The maximum Gasteiger partial charge on any atom is 0.191 e. The van der Waals surface area contributed by atoms with E-state index >= 15 is 0 Å². The number of anilines is 1. The van der Waals surface area contributed by atoms with Crippen LogP contribution in [0, 0.1) is 0 Å². The number of nitrogen functional groups attached to an aromatic ring is 1. The molecule has 0 spiro atoms. The Morgan fingerprint density at radius 3 is 2.67 bits per heavy atom. The normalized spacial score (nSPS) is 15.8. The first-order chi connectivity index (χ1) is 11.8. The van der Waals surface area contributed by atoms with Crippen LogP contribution in [0.4, 0.5) is 5.82 Å². The summed E-state index contributed by atoms with van der Waals surface area (Å²) in [5, 5.41) is 1.39. The van der Waals surface area contributed by atoms with Gasteiger partial charge in [0.1, 0.15) is 5.52 Å². The van der Waals surface area contributed by atoms with Gasteiger partial charge >= 0.3 is 0 Å². The highest BCUT2D eigenvalue weighted by Gasteiger charge is 2.18. The molecular weight excluding hydrogens is 318 g/mol. The quantitative estimate of drug-likeness (QED) is 0.731. The third kappa shape index (κ3) is 3.24. The lowest BCUT2D eigenvalue weighted by Crippen LogP contribution is -2.09. The zero-order chi connectivity index (χ0) is 16.4. The van der Waals surface area contributed by atoms with Gasteiger partial charge in [-0.05, 0) is 18.4 Å². The summed E-state index contributed by atoms with van der Waals surface area (Å²) in [5.41, 5.74) is 8.86. The zero-order valence-corrected chi connectivity index (χ0v) is 14.4. The van der Waals surface area contributed by atoms with Gasteiger partial charge in [-0.25, -0.2) is 15.0 Å². The van der Waals surface area contributed by atoms with Gasteiger partial charge in [-0.2, -0.15) is 0 Å². The Balaban J connectivity index is 1.63.